The highest BCUT2D eigenvalue weighted by Crippen LogP contribution is 2.42. The molecule has 0 heterocycles. The van der Waals surface area contributed by atoms with Crippen molar-refractivity contribution in [2.45, 2.75) is 44.6 Å². The molecule has 150 valence electrons. The van der Waals surface area contributed by atoms with Crippen molar-refractivity contribution in [2.24, 2.45) is 23.5 Å². The largest absolute Gasteiger partial charge is 0.493 e. The zero-order valence-corrected chi connectivity index (χ0v) is 16.6. The summed E-state index contributed by atoms with van der Waals surface area (Å²) < 4.78 is 16.3. The van der Waals surface area contributed by atoms with E-state index in [1.807, 2.05) is 12.1 Å². The molecular formula is C21H32N2O4. The van der Waals surface area contributed by atoms with E-state index in [0.717, 1.165) is 18.4 Å². The van der Waals surface area contributed by atoms with E-state index in [1.54, 1.807) is 21.3 Å². The molecule has 27 heavy (non-hydrogen) atoms. The van der Waals surface area contributed by atoms with Crippen LogP contribution in [-0.4, -0.2) is 39.8 Å². The summed E-state index contributed by atoms with van der Waals surface area (Å²) in [4.78, 5) is 12.7. The van der Waals surface area contributed by atoms with Gasteiger partial charge in [-0.3, -0.25) is 4.79 Å². The molecule has 2 fully saturated rings. The molecule has 2 atom stereocenters. The molecule has 6 nitrogen and oxygen atoms in total. The molecule has 0 spiro atoms. The number of fused-ring (bicyclic) bond motifs is 2. The van der Waals surface area contributed by atoms with Crippen LogP contribution in [0.3, 0.4) is 0 Å². The first-order valence-electron chi connectivity index (χ1n) is 9.90. The Morgan fingerprint density at radius 3 is 2.33 bits per heavy atom. The Balaban J connectivity index is 1.57. The zero-order valence-electron chi connectivity index (χ0n) is 16.6. The number of nitrogens with two attached hydrogens (primary N) is 1. The fourth-order valence-corrected chi connectivity index (χ4v) is 4.83. The smallest absolute Gasteiger partial charge is 0.223 e. The van der Waals surface area contributed by atoms with Crippen molar-refractivity contribution in [3.8, 4) is 17.2 Å². The Labute approximate surface area is 161 Å². The van der Waals surface area contributed by atoms with Crippen LogP contribution in [0.15, 0.2) is 12.1 Å². The lowest BCUT2D eigenvalue weighted by molar-refractivity contribution is -0.127. The van der Waals surface area contributed by atoms with Crippen molar-refractivity contribution in [1.82, 2.24) is 5.32 Å². The highest BCUT2D eigenvalue weighted by Gasteiger charge is 2.40. The van der Waals surface area contributed by atoms with Crippen molar-refractivity contribution in [1.29, 1.82) is 0 Å². The van der Waals surface area contributed by atoms with E-state index in [2.05, 4.69) is 5.32 Å². The van der Waals surface area contributed by atoms with Crippen LogP contribution in [0.2, 0.25) is 0 Å². The van der Waals surface area contributed by atoms with Crippen molar-refractivity contribution in [3.05, 3.63) is 17.7 Å². The van der Waals surface area contributed by atoms with Crippen LogP contribution in [0.25, 0.3) is 0 Å². The van der Waals surface area contributed by atoms with Gasteiger partial charge in [-0.05, 0) is 50.0 Å². The lowest BCUT2D eigenvalue weighted by atomic mass is 9.65. The number of amides is 1. The van der Waals surface area contributed by atoms with Gasteiger partial charge in [-0.25, -0.2) is 0 Å². The summed E-state index contributed by atoms with van der Waals surface area (Å²) in [5.74, 6) is 3.17. The SMILES string of the molecule is COc1ccc(CCNC(=O)C2CC3CCCC(C2)C3N)c(OC)c1OC. The van der Waals surface area contributed by atoms with Gasteiger partial charge in [-0.2, -0.15) is 0 Å². The molecule has 0 aromatic heterocycles. The first-order valence-corrected chi connectivity index (χ1v) is 9.90. The monoisotopic (exact) mass is 376 g/mol. The van der Waals surface area contributed by atoms with Gasteiger partial charge in [-0.15, -0.1) is 0 Å². The van der Waals surface area contributed by atoms with E-state index in [4.69, 9.17) is 19.9 Å². The van der Waals surface area contributed by atoms with Gasteiger partial charge in [-0.1, -0.05) is 12.5 Å². The number of carbonyl (C=O) groups excluding carboxylic acids is 1. The molecule has 3 N–H and O–H groups in total. The summed E-state index contributed by atoms with van der Waals surface area (Å²) >= 11 is 0. The van der Waals surface area contributed by atoms with Crippen LogP contribution < -0.4 is 25.3 Å². The second kappa shape index (κ2) is 8.83. The zero-order chi connectivity index (χ0) is 19.4. The van der Waals surface area contributed by atoms with Crippen LogP contribution in [0.4, 0.5) is 0 Å². The predicted octanol–water partition coefficient (Wildman–Crippen LogP) is 2.52. The normalized spacial score (nSPS) is 27.0. The molecule has 1 aromatic rings. The maximum absolute atomic E-state index is 12.7. The lowest BCUT2D eigenvalue weighted by Gasteiger charge is -2.43. The molecule has 0 radical (unpaired) electrons. The van der Waals surface area contributed by atoms with Gasteiger partial charge < -0.3 is 25.3 Å². The Morgan fingerprint density at radius 1 is 1.07 bits per heavy atom. The summed E-state index contributed by atoms with van der Waals surface area (Å²) in [6.07, 6.45) is 6.14. The predicted molar refractivity (Wildman–Crippen MR) is 104 cm³/mol. The Kier molecular flexibility index (Phi) is 6.47. The molecule has 1 amide bonds. The molecule has 2 unspecified atom stereocenters. The van der Waals surface area contributed by atoms with Gasteiger partial charge in [0.1, 0.15) is 0 Å². The number of rotatable bonds is 7. The molecule has 2 bridgehead atoms. The van der Waals surface area contributed by atoms with E-state index in [9.17, 15) is 4.79 Å². The highest BCUT2D eigenvalue weighted by atomic mass is 16.5. The van der Waals surface area contributed by atoms with Crippen LogP contribution in [-0.2, 0) is 11.2 Å². The quantitative estimate of drug-likeness (QED) is 0.764. The minimum Gasteiger partial charge on any atom is -0.493 e. The number of benzene rings is 1. The number of ether oxygens (including phenoxy) is 3. The summed E-state index contributed by atoms with van der Waals surface area (Å²) in [6, 6.07) is 4.11. The Bertz CT molecular complexity index is 650. The lowest BCUT2D eigenvalue weighted by Crippen LogP contribution is -2.49. The fraction of sp³-hybridized carbons (Fsp3) is 0.667. The Hall–Kier alpha value is -1.95. The van der Waals surface area contributed by atoms with Gasteiger partial charge in [0.15, 0.2) is 11.5 Å². The molecule has 3 rings (SSSR count). The molecule has 0 aliphatic heterocycles. The Morgan fingerprint density at radius 2 is 1.74 bits per heavy atom. The minimum atomic E-state index is 0.104. The summed E-state index contributed by atoms with van der Waals surface area (Å²) in [6.45, 7) is 0.572. The van der Waals surface area contributed by atoms with E-state index in [1.165, 1.54) is 19.3 Å². The van der Waals surface area contributed by atoms with Crippen molar-refractivity contribution < 1.29 is 19.0 Å². The van der Waals surface area contributed by atoms with Gasteiger partial charge in [0.05, 0.1) is 21.3 Å². The number of hydrogen-bond donors (Lipinski definition) is 2. The van der Waals surface area contributed by atoms with Crippen molar-refractivity contribution in [3.63, 3.8) is 0 Å². The van der Waals surface area contributed by atoms with E-state index in [0.29, 0.717) is 48.1 Å². The molecule has 1 aromatic carbocycles. The van der Waals surface area contributed by atoms with Crippen LogP contribution >= 0.6 is 0 Å². The molecule has 2 aliphatic carbocycles. The molecule has 0 saturated heterocycles. The highest BCUT2D eigenvalue weighted by molar-refractivity contribution is 5.78. The first kappa shape index (κ1) is 19.8. The molecule has 2 saturated carbocycles. The van der Waals surface area contributed by atoms with Crippen molar-refractivity contribution in [2.75, 3.05) is 27.9 Å². The topological polar surface area (TPSA) is 82.8 Å². The molecule has 2 aliphatic rings. The second-order valence-electron chi connectivity index (χ2n) is 7.73. The van der Waals surface area contributed by atoms with Gasteiger partial charge in [0, 0.05) is 24.1 Å². The third kappa shape index (κ3) is 4.15. The number of carbonyl (C=O) groups is 1. The van der Waals surface area contributed by atoms with Crippen LogP contribution in [0.1, 0.15) is 37.7 Å². The van der Waals surface area contributed by atoms with E-state index >= 15 is 0 Å². The third-order valence-electron chi connectivity index (χ3n) is 6.26. The number of hydrogen-bond acceptors (Lipinski definition) is 5. The fourth-order valence-electron chi connectivity index (χ4n) is 4.83. The van der Waals surface area contributed by atoms with Gasteiger partial charge in [0.25, 0.3) is 0 Å². The van der Waals surface area contributed by atoms with E-state index < -0.39 is 0 Å². The van der Waals surface area contributed by atoms with Crippen LogP contribution in [0.5, 0.6) is 17.2 Å². The van der Waals surface area contributed by atoms with Gasteiger partial charge in [0.2, 0.25) is 11.7 Å². The number of methoxy groups -OCH3 is 3. The summed E-state index contributed by atoms with van der Waals surface area (Å²) in [5.41, 5.74) is 7.32. The summed E-state index contributed by atoms with van der Waals surface area (Å²) in [7, 11) is 4.81. The number of nitrogens with one attached hydrogen (secondary N) is 1. The minimum absolute atomic E-state index is 0.104. The van der Waals surface area contributed by atoms with Crippen LogP contribution in [0, 0.1) is 17.8 Å². The molecular weight excluding hydrogens is 344 g/mol. The molecule has 6 heteroatoms. The van der Waals surface area contributed by atoms with Crippen molar-refractivity contribution >= 4 is 5.91 Å². The van der Waals surface area contributed by atoms with E-state index in [-0.39, 0.29) is 11.8 Å². The average Bonchev–Trinajstić information content (AvgIpc) is 2.66. The standard InChI is InChI=1S/C21H32N2O4/c1-25-17-8-7-13(19(26-2)20(17)27-3)9-10-23-21(24)16-11-14-5-4-6-15(12-16)18(14)22/h7-8,14-16,18H,4-6,9-12,22H2,1-3H3,(H,23,24). The maximum Gasteiger partial charge on any atom is 0.223 e. The average molecular weight is 376 g/mol. The summed E-state index contributed by atoms with van der Waals surface area (Å²) in [5, 5.41) is 3.12. The van der Waals surface area contributed by atoms with Gasteiger partial charge >= 0.3 is 0 Å². The third-order valence-corrected chi connectivity index (χ3v) is 6.26. The maximum atomic E-state index is 12.7. The first-order chi connectivity index (χ1) is 13.1. The second-order valence-corrected chi connectivity index (χ2v) is 7.73.